The van der Waals surface area contributed by atoms with Crippen molar-refractivity contribution in [1.29, 1.82) is 5.26 Å². The van der Waals surface area contributed by atoms with Gasteiger partial charge in [-0.15, -0.1) is 10.2 Å². The lowest BCUT2D eigenvalue weighted by atomic mass is 10.0. The summed E-state index contributed by atoms with van der Waals surface area (Å²) in [7, 11) is 0. The van der Waals surface area contributed by atoms with Crippen LogP contribution in [0.5, 0.6) is 0 Å². The number of anilines is 1. The zero-order chi connectivity index (χ0) is 30.5. The molecule has 2 aromatic carbocycles. The quantitative estimate of drug-likeness (QED) is 0.167. The van der Waals surface area contributed by atoms with Gasteiger partial charge in [-0.1, -0.05) is 57.5 Å². The van der Waals surface area contributed by atoms with Crippen LogP contribution in [0.3, 0.4) is 0 Å². The average molecular weight is 573 g/mol. The van der Waals surface area contributed by atoms with Gasteiger partial charge in [0, 0.05) is 18.8 Å². The molecule has 2 atom stereocenters. The van der Waals surface area contributed by atoms with Gasteiger partial charge in [-0.3, -0.25) is 14.4 Å². The summed E-state index contributed by atoms with van der Waals surface area (Å²) in [6.45, 7) is 6.58. The van der Waals surface area contributed by atoms with Gasteiger partial charge >= 0.3 is 0 Å². The van der Waals surface area contributed by atoms with Crippen LogP contribution < -0.4 is 11.2 Å². The first kappa shape index (κ1) is 31.9. The summed E-state index contributed by atoms with van der Waals surface area (Å²) in [5, 5.41) is 24.0. The van der Waals surface area contributed by atoms with Gasteiger partial charge in [-0.2, -0.15) is 10.4 Å². The van der Waals surface area contributed by atoms with Crippen LogP contribution in [0.25, 0.3) is 0 Å². The highest BCUT2D eigenvalue weighted by atomic mass is 16.2. The third-order valence-electron chi connectivity index (χ3n) is 6.70. The Morgan fingerprint density at radius 2 is 1.74 bits per heavy atom. The van der Waals surface area contributed by atoms with Crippen molar-refractivity contribution < 1.29 is 14.4 Å². The van der Waals surface area contributed by atoms with Gasteiger partial charge in [-0.05, 0) is 61.4 Å². The molecule has 0 aromatic heterocycles. The van der Waals surface area contributed by atoms with Crippen molar-refractivity contribution in [2.45, 2.75) is 58.9 Å². The number of nitrogens with zero attached hydrogens (tertiary/aromatic N) is 6. The number of aryl methyl sites for hydroxylation is 1. The molecular formula is C31H40N8O3. The number of hydrazone groups is 1. The Bertz CT molecular complexity index is 1300. The molecular weight excluding hydrogens is 532 g/mol. The Labute approximate surface area is 247 Å². The van der Waals surface area contributed by atoms with Crippen LogP contribution in [0, 0.1) is 23.2 Å². The van der Waals surface area contributed by atoms with E-state index in [4.69, 9.17) is 5.84 Å². The van der Waals surface area contributed by atoms with E-state index in [2.05, 4.69) is 47.5 Å². The highest BCUT2D eigenvalue weighted by Gasteiger charge is 2.39. The first-order chi connectivity index (χ1) is 20.2. The van der Waals surface area contributed by atoms with Crippen LogP contribution in [0.4, 0.5) is 11.4 Å². The van der Waals surface area contributed by atoms with Gasteiger partial charge in [0.25, 0.3) is 11.7 Å². The van der Waals surface area contributed by atoms with Gasteiger partial charge in [0.05, 0.1) is 17.7 Å². The number of hydrogen-bond donors (Lipinski definition) is 2. The molecule has 1 fully saturated rings. The normalized spacial score (nSPS) is 20.1. The Morgan fingerprint density at radius 1 is 1.05 bits per heavy atom. The number of amides is 3. The van der Waals surface area contributed by atoms with E-state index in [1.165, 1.54) is 9.80 Å². The summed E-state index contributed by atoms with van der Waals surface area (Å²) in [6, 6.07) is 17.9. The molecule has 3 N–H and O–H groups in total. The van der Waals surface area contributed by atoms with Crippen LogP contribution in [-0.2, 0) is 20.8 Å². The molecule has 3 aliphatic rings. The third kappa shape index (κ3) is 9.51. The first-order valence-corrected chi connectivity index (χ1v) is 14.3. The Hall–Kier alpha value is -4.59. The van der Waals surface area contributed by atoms with Crippen LogP contribution in [0.2, 0.25) is 0 Å². The van der Waals surface area contributed by atoms with E-state index >= 15 is 0 Å². The number of amidine groups is 1. The number of azo groups is 1. The smallest absolute Gasteiger partial charge is 0.295 e. The number of nitrogens with one attached hydrogen (secondary N) is 1. The second-order valence-electron chi connectivity index (χ2n) is 11.1. The van der Waals surface area contributed by atoms with Crippen LogP contribution in [0.15, 0.2) is 69.9 Å². The second-order valence-corrected chi connectivity index (χ2v) is 11.1. The number of carbonyl (C=O) groups is 3. The van der Waals surface area contributed by atoms with Gasteiger partial charge < -0.3 is 21.0 Å². The number of carbonyl (C=O) groups excluding carboxylic acids is 3. The van der Waals surface area contributed by atoms with Crippen molar-refractivity contribution in [3.05, 3.63) is 60.2 Å². The summed E-state index contributed by atoms with van der Waals surface area (Å²) in [6.07, 6.45) is 3.43. The van der Waals surface area contributed by atoms with Gasteiger partial charge in [0.2, 0.25) is 11.8 Å². The molecule has 0 saturated carbocycles. The topological polar surface area (TPSA) is 157 Å². The number of fused-ring (bicyclic) bond motifs is 10. The lowest BCUT2D eigenvalue weighted by molar-refractivity contribution is -0.137. The number of nitriles is 1. The summed E-state index contributed by atoms with van der Waals surface area (Å²) in [5.74, 6) is 4.14. The van der Waals surface area contributed by atoms with E-state index in [-0.39, 0.29) is 37.8 Å². The van der Waals surface area contributed by atoms with Gasteiger partial charge in [-0.25, -0.2) is 0 Å². The molecule has 0 aliphatic carbocycles. The molecule has 4 bridgehead atoms. The summed E-state index contributed by atoms with van der Waals surface area (Å²) in [5.41, 5.74) is 2.34. The molecule has 11 heteroatoms. The van der Waals surface area contributed by atoms with E-state index in [0.29, 0.717) is 17.8 Å². The molecule has 2 aromatic rings. The maximum Gasteiger partial charge on any atom is 0.295 e. The molecule has 2 unspecified atom stereocenters. The number of nitrogens with two attached hydrogens (primary N) is 1. The Kier molecular flexibility index (Phi) is 12.2. The highest BCUT2D eigenvalue weighted by Crippen LogP contribution is 2.25. The molecule has 1 saturated heterocycles. The number of hydrogen-bond acceptors (Lipinski definition) is 7. The first-order valence-electron chi connectivity index (χ1n) is 14.3. The van der Waals surface area contributed by atoms with E-state index in [9.17, 15) is 19.6 Å². The van der Waals surface area contributed by atoms with E-state index < -0.39 is 23.8 Å². The van der Waals surface area contributed by atoms with E-state index in [1.807, 2.05) is 30.3 Å². The summed E-state index contributed by atoms with van der Waals surface area (Å²) < 4.78 is 0. The molecule has 222 valence electrons. The highest BCUT2D eigenvalue weighted by molar-refractivity contribution is 6.38. The molecule has 11 nitrogen and oxygen atoms in total. The summed E-state index contributed by atoms with van der Waals surface area (Å²) >= 11 is 0. The lowest BCUT2D eigenvalue weighted by Crippen LogP contribution is -2.46. The fourth-order valence-corrected chi connectivity index (χ4v) is 4.60. The minimum Gasteiger partial charge on any atom is -0.326 e. The van der Waals surface area contributed by atoms with Crippen LogP contribution in [-0.4, -0.2) is 59.0 Å². The van der Waals surface area contributed by atoms with Crippen LogP contribution >= 0.6 is 0 Å². The predicted octanol–water partition coefficient (Wildman–Crippen LogP) is 4.64. The summed E-state index contributed by atoms with van der Waals surface area (Å²) in [4.78, 5) is 42.3. The Morgan fingerprint density at radius 3 is 2.38 bits per heavy atom. The zero-order valence-electron chi connectivity index (χ0n) is 24.6. The average Bonchev–Trinajstić information content (AvgIpc) is 3.42. The van der Waals surface area contributed by atoms with Crippen molar-refractivity contribution in [3.63, 3.8) is 0 Å². The van der Waals surface area contributed by atoms with Crippen LogP contribution in [0.1, 0.15) is 52.0 Å². The van der Waals surface area contributed by atoms with Gasteiger partial charge in [0.15, 0.2) is 0 Å². The Balaban J connectivity index is 0.00000114. The fraction of sp³-hybridized carbons (Fsp3) is 0.452. The zero-order valence-corrected chi connectivity index (χ0v) is 24.6. The third-order valence-corrected chi connectivity index (χ3v) is 6.70. The lowest BCUT2D eigenvalue weighted by Gasteiger charge is -2.26. The molecule has 3 aliphatic heterocycles. The molecule has 0 radical (unpaired) electrons. The molecule has 0 spiro atoms. The van der Waals surface area contributed by atoms with Gasteiger partial charge in [0.1, 0.15) is 12.6 Å². The number of rotatable bonds is 1. The standard InChI is InChI=1S/C27H30N8O3.C4H10/c28-16-23-15-20-17-35(23)24(36)18-34(27(38)25(31-29)33-32-22-8-4-1-5-9-22)14-6-2-3-7-19-10-12-21(13-11-19)30-26(20)37;1-4(2)3/h1,4-5,8-13,20,23H,2-3,6-7,14-15,17-18,29H2,(H,30,37);4H,1-3H3/b31-25-,33-32?;. The molecule has 3 amide bonds. The van der Waals surface area contributed by atoms with Crippen molar-refractivity contribution in [3.8, 4) is 6.07 Å². The van der Waals surface area contributed by atoms with E-state index in [0.717, 1.165) is 30.7 Å². The predicted molar refractivity (Wildman–Crippen MR) is 162 cm³/mol. The second kappa shape index (κ2) is 16.0. The van der Waals surface area contributed by atoms with Crippen molar-refractivity contribution in [2.75, 3.05) is 25.0 Å². The van der Waals surface area contributed by atoms with Crippen molar-refractivity contribution >= 4 is 34.9 Å². The monoisotopic (exact) mass is 572 g/mol. The van der Waals surface area contributed by atoms with Crippen molar-refractivity contribution in [2.24, 2.45) is 33.0 Å². The minimum atomic E-state index is -0.767. The van der Waals surface area contributed by atoms with Crippen molar-refractivity contribution in [1.82, 2.24) is 9.80 Å². The number of benzene rings is 2. The minimum absolute atomic E-state index is 0.0918. The molecule has 3 heterocycles. The maximum atomic E-state index is 13.3. The fourth-order valence-electron chi connectivity index (χ4n) is 4.60. The molecule has 42 heavy (non-hydrogen) atoms. The maximum absolute atomic E-state index is 13.3. The van der Waals surface area contributed by atoms with E-state index in [1.54, 1.807) is 24.3 Å². The SMILES string of the molecule is CC(C)C.N#CC1CC2CN1C(=O)CN(C(=O)/C(N=Nc1ccccc1)=N/N)CCCCCc1ccc(cc1)NC2=O. The largest absolute Gasteiger partial charge is 0.326 e. The molecule has 5 rings (SSSR count).